The Labute approximate surface area is 215 Å². The summed E-state index contributed by atoms with van der Waals surface area (Å²) in [5.41, 5.74) is -2.71. The second-order valence-corrected chi connectivity index (χ2v) is 12.9. The number of benzene rings is 2. The molecule has 1 aromatic heterocycles. The molecule has 2 aromatic carbocycles. The van der Waals surface area contributed by atoms with E-state index in [2.05, 4.69) is 0 Å². The molecule has 12 heteroatoms. The monoisotopic (exact) mass is 564 g/mol. The van der Waals surface area contributed by atoms with Gasteiger partial charge in [-0.05, 0) is 54.5 Å². The number of aromatic nitrogens is 1. The van der Waals surface area contributed by atoms with E-state index in [9.17, 15) is 34.8 Å². The lowest BCUT2D eigenvalue weighted by atomic mass is 9.92. The molecular weight excluding hydrogens is 537 g/mol. The van der Waals surface area contributed by atoms with Gasteiger partial charge >= 0.3 is 12.4 Å². The van der Waals surface area contributed by atoms with Gasteiger partial charge in [0.25, 0.3) is 0 Å². The van der Waals surface area contributed by atoms with Gasteiger partial charge in [-0.3, -0.25) is 0 Å². The highest BCUT2D eigenvalue weighted by Gasteiger charge is 2.48. The number of rotatable bonds is 6. The maximum absolute atomic E-state index is 15.5. The molecule has 1 heterocycles. The molecule has 0 amide bonds. The summed E-state index contributed by atoms with van der Waals surface area (Å²) < 4.78 is 128. The number of nitrogens with one attached hydrogen (secondary N) is 1. The molecule has 0 unspecified atom stereocenters. The predicted molar refractivity (Wildman–Crippen MR) is 130 cm³/mol. The van der Waals surface area contributed by atoms with Crippen LogP contribution < -0.4 is 4.72 Å². The molecule has 0 saturated heterocycles. The van der Waals surface area contributed by atoms with Crippen molar-refractivity contribution in [3.63, 3.8) is 0 Å². The van der Waals surface area contributed by atoms with Gasteiger partial charge in [-0.25, -0.2) is 12.8 Å². The van der Waals surface area contributed by atoms with E-state index in [4.69, 9.17) is 0 Å². The first kappa shape index (κ1) is 28.4. The van der Waals surface area contributed by atoms with Crippen LogP contribution >= 0.6 is 0 Å². The van der Waals surface area contributed by atoms with Crippen molar-refractivity contribution in [2.24, 2.45) is 5.41 Å². The number of nitrogens with zero attached hydrogens (tertiary/aromatic N) is 1. The van der Waals surface area contributed by atoms with Crippen molar-refractivity contribution in [1.29, 1.82) is 0 Å². The van der Waals surface area contributed by atoms with Crippen molar-refractivity contribution >= 4 is 20.9 Å². The first-order valence-electron chi connectivity index (χ1n) is 11.9. The van der Waals surface area contributed by atoms with E-state index in [0.29, 0.717) is 0 Å². The lowest BCUT2D eigenvalue weighted by molar-refractivity contribution is -0.152. The van der Waals surface area contributed by atoms with E-state index in [0.717, 1.165) is 24.4 Å². The van der Waals surface area contributed by atoms with E-state index in [1.54, 1.807) is 4.72 Å². The first-order chi connectivity index (χ1) is 17.3. The Morgan fingerprint density at radius 3 is 2.21 bits per heavy atom. The van der Waals surface area contributed by atoms with Crippen molar-refractivity contribution in [1.82, 2.24) is 9.29 Å². The molecule has 208 valence electrons. The minimum atomic E-state index is -5.06. The van der Waals surface area contributed by atoms with Crippen LogP contribution in [0.4, 0.5) is 30.7 Å². The summed E-state index contributed by atoms with van der Waals surface area (Å²) in [7, 11) is -4.30. The fraction of sp³-hybridized carbons (Fsp3) is 0.462. The van der Waals surface area contributed by atoms with Crippen LogP contribution in [0.1, 0.15) is 56.3 Å². The molecule has 0 spiro atoms. The number of hydrogen-bond donors (Lipinski definition) is 1. The van der Waals surface area contributed by atoms with Crippen molar-refractivity contribution in [3.05, 3.63) is 59.0 Å². The number of halogens is 7. The van der Waals surface area contributed by atoms with Crippen LogP contribution in [0, 0.1) is 18.2 Å². The Bertz CT molecular complexity index is 1480. The lowest BCUT2D eigenvalue weighted by Gasteiger charge is -2.22. The Hall–Kier alpha value is -2.60. The van der Waals surface area contributed by atoms with Crippen LogP contribution in [0.5, 0.6) is 0 Å². The smallest absolute Gasteiger partial charge is 0.347 e. The standard InChI is InChI=1S/C26H27F7N2O2S/c1-14-6-5-7-19(25(28,29)30)22(14)17-11-21-16(10-20(17)27)18(12-35(21)13-24(2,3)4)23(26(31,32)33)34-38(36,37)15-8-9-15/h5-7,10-12,15,23,34H,8-9,13H2,1-4H3/t23-/m0/s1. The maximum atomic E-state index is 15.5. The molecule has 1 aliphatic carbocycles. The molecule has 38 heavy (non-hydrogen) atoms. The van der Waals surface area contributed by atoms with Crippen LogP contribution in [0.2, 0.25) is 0 Å². The summed E-state index contributed by atoms with van der Waals surface area (Å²) >= 11 is 0. The summed E-state index contributed by atoms with van der Waals surface area (Å²) in [4.78, 5) is 0. The van der Waals surface area contributed by atoms with Crippen LogP contribution in [0.25, 0.3) is 22.0 Å². The summed E-state index contributed by atoms with van der Waals surface area (Å²) in [6.45, 7) is 6.95. The third-order valence-corrected chi connectivity index (χ3v) is 8.29. The zero-order valence-electron chi connectivity index (χ0n) is 21.1. The first-order valence-corrected chi connectivity index (χ1v) is 13.4. The minimum Gasteiger partial charge on any atom is -0.347 e. The van der Waals surface area contributed by atoms with E-state index < -0.39 is 67.2 Å². The lowest BCUT2D eigenvalue weighted by Crippen LogP contribution is -2.39. The van der Waals surface area contributed by atoms with Gasteiger partial charge < -0.3 is 4.57 Å². The van der Waals surface area contributed by atoms with Gasteiger partial charge in [0.15, 0.2) is 0 Å². The zero-order valence-corrected chi connectivity index (χ0v) is 21.9. The predicted octanol–water partition coefficient (Wildman–Crippen LogP) is 7.51. The number of sulfonamides is 1. The molecule has 1 atom stereocenters. The van der Waals surface area contributed by atoms with Crippen LogP contribution in [0.15, 0.2) is 36.5 Å². The maximum Gasteiger partial charge on any atom is 0.417 e. The highest BCUT2D eigenvalue weighted by molar-refractivity contribution is 7.90. The molecule has 0 bridgehead atoms. The molecule has 3 aromatic rings. The van der Waals surface area contributed by atoms with Crippen LogP contribution in [-0.4, -0.2) is 24.4 Å². The van der Waals surface area contributed by atoms with Gasteiger partial charge in [-0.15, -0.1) is 0 Å². The molecule has 1 saturated carbocycles. The van der Waals surface area contributed by atoms with Crippen molar-refractivity contribution in [3.8, 4) is 11.1 Å². The van der Waals surface area contributed by atoms with Crippen LogP contribution in [0.3, 0.4) is 0 Å². The summed E-state index contributed by atoms with van der Waals surface area (Å²) in [6, 6.07) is 2.61. The SMILES string of the molecule is Cc1cccc(C(F)(F)F)c1-c1cc2c(cc1F)c([C@H](NS(=O)(=O)C1CC1)C(F)(F)F)cn2CC(C)(C)C. The van der Waals surface area contributed by atoms with E-state index in [1.807, 2.05) is 20.8 Å². The van der Waals surface area contributed by atoms with Gasteiger partial charge in [0, 0.05) is 34.8 Å². The second-order valence-electron chi connectivity index (χ2n) is 11.0. The normalized spacial score (nSPS) is 16.3. The molecule has 1 fully saturated rings. The molecule has 0 aliphatic heterocycles. The van der Waals surface area contributed by atoms with E-state index in [-0.39, 0.29) is 35.9 Å². The fourth-order valence-electron chi connectivity index (χ4n) is 4.61. The highest BCUT2D eigenvalue weighted by atomic mass is 32.2. The summed E-state index contributed by atoms with van der Waals surface area (Å²) in [5.74, 6) is -1.15. The van der Waals surface area contributed by atoms with Gasteiger partial charge in [0.2, 0.25) is 10.0 Å². The Morgan fingerprint density at radius 1 is 1.05 bits per heavy atom. The fourth-order valence-corrected chi connectivity index (χ4v) is 6.15. The molecular formula is C26H27F7N2O2S. The molecule has 0 radical (unpaired) electrons. The van der Waals surface area contributed by atoms with Gasteiger partial charge in [-0.2, -0.15) is 31.1 Å². The minimum absolute atomic E-state index is 0.0579. The summed E-state index contributed by atoms with van der Waals surface area (Å²) in [6.07, 6.45) is -8.28. The van der Waals surface area contributed by atoms with Gasteiger partial charge in [0.1, 0.15) is 11.9 Å². The average molecular weight is 565 g/mol. The third kappa shape index (κ3) is 5.70. The van der Waals surface area contributed by atoms with Crippen LogP contribution in [-0.2, 0) is 22.7 Å². The van der Waals surface area contributed by atoms with E-state index >= 15 is 4.39 Å². The average Bonchev–Trinajstić information content (AvgIpc) is 3.55. The van der Waals surface area contributed by atoms with Gasteiger partial charge in [0.05, 0.1) is 10.8 Å². The molecule has 1 aliphatic rings. The zero-order chi connectivity index (χ0) is 28.4. The van der Waals surface area contributed by atoms with Crippen molar-refractivity contribution < 1.29 is 39.2 Å². The second kappa shape index (κ2) is 9.25. The Morgan fingerprint density at radius 2 is 1.68 bits per heavy atom. The quantitative estimate of drug-likeness (QED) is 0.315. The number of hydrogen-bond acceptors (Lipinski definition) is 2. The summed E-state index contributed by atoms with van der Waals surface area (Å²) in [5, 5.41) is -1.17. The molecule has 1 N–H and O–H groups in total. The third-order valence-electron chi connectivity index (χ3n) is 6.38. The topological polar surface area (TPSA) is 51.1 Å². The van der Waals surface area contributed by atoms with Gasteiger partial charge in [-0.1, -0.05) is 32.9 Å². The highest BCUT2D eigenvalue weighted by Crippen LogP contribution is 2.44. The van der Waals surface area contributed by atoms with Crippen molar-refractivity contribution in [2.45, 2.75) is 70.7 Å². The number of aryl methyl sites for hydroxylation is 1. The van der Waals surface area contributed by atoms with E-state index in [1.165, 1.54) is 23.6 Å². The number of alkyl halides is 6. The molecule has 4 rings (SSSR count). The van der Waals surface area contributed by atoms with Crippen molar-refractivity contribution in [2.75, 3.05) is 0 Å². The largest absolute Gasteiger partial charge is 0.417 e. The number of fused-ring (bicyclic) bond motifs is 1. The Kier molecular flexibility index (Phi) is 6.92. The Balaban J connectivity index is 2.00. The molecule has 4 nitrogen and oxygen atoms in total.